The quantitative estimate of drug-likeness (QED) is 0.728. The molecular formula is C11H17N. The van der Waals surface area contributed by atoms with Crippen LogP contribution in [0.5, 0.6) is 0 Å². The molecule has 1 aromatic rings. The highest BCUT2D eigenvalue weighted by atomic mass is 14.8. The van der Waals surface area contributed by atoms with E-state index < -0.39 is 0 Å². The van der Waals surface area contributed by atoms with Crippen molar-refractivity contribution >= 4 is 0 Å². The molecule has 1 N–H and O–H groups in total. The Labute approximate surface area is 81.8 Å². The van der Waals surface area contributed by atoms with Crippen LogP contribution in [0.4, 0.5) is 0 Å². The first-order valence-electron chi connectivity index (χ1n) is 6.62. The predicted octanol–water partition coefficient (Wildman–Crippen LogP) is 2.43. The largest absolute Gasteiger partial charge is 0.312 e. The van der Waals surface area contributed by atoms with Gasteiger partial charge in [0.15, 0.2) is 0 Å². The third-order valence-corrected chi connectivity index (χ3v) is 1.41. The SMILES string of the molecule is [2H]c1c([2H])c([2H])c(CNCC(C)C)c([2H])c1[2H]. The fraction of sp³-hybridized carbons (Fsp3) is 0.455. The van der Waals surface area contributed by atoms with Gasteiger partial charge in [0.2, 0.25) is 0 Å². The van der Waals surface area contributed by atoms with E-state index in [9.17, 15) is 0 Å². The van der Waals surface area contributed by atoms with Gasteiger partial charge in [-0.2, -0.15) is 0 Å². The van der Waals surface area contributed by atoms with Crippen LogP contribution in [0.15, 0.2) is 30.2 Å². The average molecular weight is 168 g/mol. The zero-order valence-electron chi connectivity index (χ0n) is 12.5. The van der Waals surface area contributed by atoms with Crippen molar-refractivity contribution in [3.05, 3.63) is 35.8 Å². The van der Waals surface area contributed by atoms with Crippen molar-refractivity contribution in [2.24, 2.45) is 5.92 Å². The Hall–Kier alpha value is -0.820. The number of hydrogen-bond acceptors (Lipinski definition) is 1. The van der Waals surface area contributed by atoms with Gasteiger partial charge in [-0.05, 0) is 18.0 Å². The molecule has 0 aromatic heterocycles. The summed E-state index contributed by atoms with van der Waals surface area (Å²) in [6, 6.07) is -1.12. The molecule has 12 heavy (non-hydrogen) atoms. The lowest BCUT2D eigenvalue weighted by molar-refractivity contribution is 0.552. The van der Waals surface area contributed by atoms with Crippen LogP contribution in [0.25, 0.3) is 0 Å². The predicted molar refractivity (Wildman–Crippen MR) is 53.0 cm³/mol. The van der Waals surface area contributed by atoms with Crippen molar-refractivity contribution in [1.82, 2.24) is 5.32 Å². The number of nitrogens with one attached hydrogen (secondary N) is 1. The topological polar surface area (TPSA) is 12.0 Å². The van der Waals surface area contributed by atoms with E-state index in [0.717, 1.165) is 6.54 Å². The molecule has 0 radical (unpaired) electrons. The van der Waals surface area contributed by atoms with Crippen LogP contribution in [0.3, 0.4) is 0 Å². The van der Waals surface area contributed by atoms with Crippen LogP contribution in [-0.2, 0) is 6.54 Å². The van der Waals surface area contributed by atoms with E-state index in [1.807, 2.05) is 0 Å². The van der Waals surface area contributed by atoms with Gasteiger partial charge in [0, 0.05) is 6.54 Å². The van der Waals surface area contributed by atoms with E-state index >= 15 is 0 Å². The van der Waals surface area contributed by atoms with Crippen molar-refractivity contribution in [3.8, 4) is 0 Å². The van der Waals surface area contributed by atoms with E-state index in [0.29, 0.717) is 18.0 Å². The molecule has 0 aliphatic rings. The van der Waals surface area contributed by atoms with E-state index in [1.54, 1.807) is 0 Å². The molecular weight excluding hydrogens is 146 g/mol. The Morgan fingerprint density at radius 3 is 2.58 bits per heavy atom. The van der Waals surface area contributed by atoms with E-state index in [2.05, 4.69) is 19.2 Å². The molecule has 1 heteroatoms. The van der Waals surface area contributed by atoms with Gasteiger partial charge in [0.1, 0.15) is 0 Å². The Morgan fingerprint density at radius 2 is 2.00 bits per heavy atom. The van der Waals surface area contributed by atoms with Crippen LogP contribution in [0, 0.1) is 5.92 Å². The molecule has 0 aliphatic heterocycles. The summed E-state index contributed by atoms with van der Waals surface area (Å²) in [5.41, 5.74) is 0.330. The van der Waals surface area contributed by atoms with Crippen LogP contribution in [0.1, 0.15) is 26.3 Å². The fourth-order valence-corrected chi connectivity index (χ4v) is 0.850. The second-order valence-corrected chi connectivity index (χ2v) is 3.13. The maximum atomic E-state index is 7.71. The van der Waals surface area contributed by atoms with Crippen molar-refractivity contribution in [2.45, 2.75) is 20.4 Å². The molecule has 0 atom stereocenters. The normalized spacial score (nSPS) is 16.4. The van der Waals surface area contributed by atoms with E-state index in [4.69, 9.17) is 6.85 Å². The highest BCUT2D eigenvalue weighted by molar-refractivity contribution is 5.14. The second-order valence-electron chi connectivity index (χ2n) is 3.13. The molecule has 0 spiro atoms. The Bertz CT molecular complexity index is 388. The summed E-state index contributed by atoms with van der Waals surface area (Å²) in [7, 11) is 0. The minimum Gasteiger partial charge on any atom is -0.312 e. The van der Waals surface area contributed by atoms with Gasteiger partial charge in [0.05, 0.1) is 6.85 Å². The van der Waals surface area contributed by atoms with Gasteiger partial charge in [-0.15, -0.1) is 0 Å². The van der Waals surface area contributed by atoms with Gasteiger partial charge in [0.25, 0.3) is 0 Å². The smallest absolute Gasteiger partial charge is 0.0626 e. The Morgan fingerprint density at radius 1 is 1.33 bits per heavy atom. The van der Waals surface area contributed by atoms with Crippen LogP contribution in [0.2, 0.25) is 0 Å². The number of hydrogen-bond donors (Lipinski definition) is 1. The van der Waals surface area contributed by atoms with Crippen LogP contribution < -0.4 is 5.32 Å². The van der Waals surface area contributed by atoms with Crippen molar-refractivity contribution in [1.29, 1.82) is 0 Å². The van der Waals surface area contributed by atoms with Gasteiger partial charge in [-0.1, -0.05) is 44.1 Å². The lowest BCUT2D eigenvalue weighted by Crippen LogP contribution is -2.18. The van der Waals surface area contributed by atoms with Crippen molar-refractivity contribution in [2.75, 3.05) is 6.54 Å². The lowest BCUT2D eigenvalue weighted by Gasteiger charge is -2.06. The van der Waals surface area contributed by atoms with Crippen LogP contribution in [-0.4, -0.2) is 6.54 Å². The average Bonchev–Trinajstić information content (AvgIpc) is 2.28. The molecule has 0 heterocycles. The van der Waals surface area contributed by atoms with E-state index in [1.165, 1.54) is 0 Å². The summed E-state index contributed by atoms with van der Waals surface area (Å²) in [5, 5.41) is 3.09. The minimum absolute atomic E-state index is 0.118. The Balaban J connectivity index is 2.99. The molecule has 1 rings (SSSR count). The molecule has 1 aromatic carbocycles. The molecule has 0 fully saturated rings. The summed E-state index contributed by atoms with van der Waals surface area (Å²) in [4.78, 5) is 0. The number of benzene rings is 1. The van der Waals surface area contributed by atoms with Gasteiger partial charge in [-0.25, -0.2) is 0 Å². The van der Waals surface area contributed by atoms with Crippen molar-refractivity contribution < 1.29 is 6.85 Å². The maximum Gasteiger partial charge on any atom is 0.0626 e. The van der Waals surface area contributed by atoms with Gasteiger partial charge in [-0.3, -0.25) is 0 Å². The minimum atomic E-state index is -0.340. The van der Waals surface area contributed by atoms with E-state index in [-0.39, 0.29) is 30.2 Å². The summed E-state index contributed by atoms with van der Waals surface area (Å²) < 4.78 is 37.9. The van der Waals surface area contributed by atoms with Gasteiger partial charge < -0.3 is 5.32 Å². The molecule has 66 valence electrons. The summed E-state index contributed by atoms with van der Waals surface area (Å²) in [6.45, 7) is 5.15. The zero-order chi connectivity index (χ0) is 13.2. The molecule has 0 saturated heterocycles. The third kappa shape index (κ3) is 3.54. The maximum absolute atomic E-state index is 7.71. The molecule has 1 nitrogen and oxygen atoms in total. The monoisotopic (exact) mass is 168 g/mol. The molecule has 0 unspecified atom stereocenters. The Kier molecular flexibility index (Phi) is 1.82. The van der Waals surface area contributed by atoms with Gasteiger partial charge >= 0.3 is 0 Å². The fourth-order valence-electron chi connectivity index (χ4n) is 0.850. The zero-order valence-corrected chi connectivity index (χ0v) is 7.49. The van der Waals surface area contributed by atoms with Crippen LogP contribution >= 0.6 is 0 Å². The third-order valence-electron chi connectivity index (χ3n) is 1.41. The first kappa shape index (κ1) is 4.43. The molecule has 0 saturated carbocycles. The highest BCUT2D eigenvalue weighted by Gasteiger charge is 1.93. The lowest BCUT2D eigenvalue weighted by atomic mass is 10.2. The first-order chi connectivity index (χ1) is 7.86. The molecule has 0 aliphatic carbocycles. The second kappa shape index (κ2) is 4.94. The summed E-state index contributed by atoms with van der Waals surface area (Å²) in [6.07, 6.45) is 0. The first-order valence-corrected chi connectivity index (χ1v) is 4.12. The molecule has 0 bridgehead atoms. The standard InChI is InChI=1S/C11H17N/c1-10(2)8-12-9-11-6-4-3-5-7-11/h3-7,10,12H,8-9H2,1-2H3/i3D,4D,5D,6D,7D. The van der Waals surface area contributed by atoms with Crippen molar-refractivity contribution in [3.63, 3.8) is 0 Å². The highest BCUT2D eigenvalue weighted by Crippen LogP contribution is 1.97. The summed E-state index contributed by atoms with van der Waals surface area (Å²) in [5.74, 6) is 0.458. The number of rotatable bonds is 4. The molecule has 0 amide bonds. The summed E-state index contributed by atoms with van der Waals surface area (Å²) >= 11 is 0.